The molecule has 9 nitrogen and oxygen atoms in total. The molecule has 0 saturated heterocycles. The topological polar surface area (TPSA) is 118 Å². The van der Waals surface area contributed by atoms with Gasteiger partial charge in [-0.25, -0.2) is 4.68 Å². The van der Waals surface area contributed by atoms with Gasteiger partial charge in [0.2, 0.25) is 16.3 Å². The van der Waals surface area contributed by atoms with Gasteiger partial charge < -0.3 is 10.5 Å². The summed E-state index contributed by atoms with van der Waals surface area (Å²) in [4.78, 5) is 11.9. The van der Waals surface area contributed by atoms with Gasteiger partial charge in [0.05, 0.1) is 6.61 Å². The zero-order valence-corrected chi connectivity index (χ0v) is 10.0. The second-order valence-corrected chi connectivity index (χ2v) is 3.81. The molecule has 90 valence electrons. The smallest absolute Gasteiger partial charge is 0.322 e. The van der Waals surface area contributed by atoms with Crippen molar-refractivity contribution in [1.29, 1.82) is 0 Å². The van der Waals surface area contributed by atoms with Gasteiger partial charge in [-0.15, -0.1) is 5.10 Å². The van der Waals surface area contributed by atoms with Gasteiger partial charge in [-0.2, -0.15) is 15.0 Å². The molecule has 0 atom stereocenters. The predicted molar refractivity (Wildman–Crippen MR) is 58.3 cm³/mol. The highest BCUT2D eigenvalue weighted by atomic mass is 32.2. The molecular weight excluding hydrogens is 244 g/mol. The van der Waals surface area contributed by atoms with Crippen molar-refractivity contribution in [1.82, 2.24) is 35.2 Å². The van der Waals surface area contributed by atoms with Crippen LogP contribution in [-0.2, 0) is 7.05 Å². The van der Waals surface area contributed by atoms with Gasteiger partial charge in [0.25, 0.3) is 0 Å². The van der Waals surface area contributed by atoms with E-state index in [1.54, 1.807) is 7.05 Å². The number of nitrogen functional groups attached to an aromatic ring is 1. The fraction of sp³-hybridized carbons (Fsp3) is 0.429. The quantitative estimate of drug-likeness (QED) is 0.772. The molecule has 0 aliphatic heterocycles. The van der Waals surface area contributed by atoms with E-state index in [4.69, 9.17) is 10.5 Å². The van der Waals surface area contributed by atoms with Crippen molar-refractivity contribution in [3.8, 4) is 6.01 Å². The fourth-order valence-electron chi connectivity index (χ4n) is 0.981. The third-order valence-corrected chi connectivity index (χ3v) is 2.54. The van der Waals surface area contributed by atoms with E-state index in [1.165, 1.54) is 16.4 Å². The number of hydrogen-bond acceptors (Lipinski definition) is 9. The van der Waals surface area contributed by atoms with E-state index in [2.05, 4.69) is 30.5 Å². The summed E-state index contributed by atoms with van der Waals surface area (Å²) in [5, 5.41) is 11.9. The first-order valence-corrected chi connectivity index (χ1v) is 5.55. The van der Waals surface area contributed by atoms with Gasteiger partial charge in [0.1, 0.15) is 0 Å². The molecule has 0 aromatic carbocycles. The maximum Gasteiger partial charge on any atom is 0.322 e. The number of nitrogens with two attached hydrogens (primary N) is 1. The number of aryl methyl sites for hydroxylation is 1. The summed E-state index contributed by atoms with van der Waals surface area (Å²) in [7, 11) is 1.72. The summed E-state index contributed by atoms with van der Waals surface area (Å²) in [5.41, 5.74) is 5.54. The predicted octanol–water partition coefficient (Wildman–Crippen LogP) is -0.473. The van der Waals surface area contributed by atoms with Crippen LogP contribution in [0.4, 0.5) is 5.95 Å². The van der Waals surface area contributed by atoms with Crippen molar-refractivity contribution in [2.75, 3.05) is 12.3 Å². The van der Waals surface area contributed by atoms with Gasteiger partial charge in [0.15, 0.2) is 0 Å². The summed E-state index contributed by atoms with van der Waals surface area (Å²) in [5.74, 6) is 0.0982. The van der Waals surface area contributed by atoms with E-state index in [-0.39, 0.29) is 12.0 Å². The number of anilines is 1. The summed E-state index contributed by atoms with van der Waals surface area (Å²) < 4.78 is 6.67. The number of hydrogen-bond donors (Lipinski definition) is 1. The number of nitrogens with zero attached hydrogens (tertiary/aromatic N) is 7. The molecule has 0 aliphatic rings. The molecule has 0 saturated carbocycles. The van der Waals surface area contributed by atoms with Crippen molar-refractivity contribution >= 4 is 17.7 Å². The summed E-state index contributed by atoms with van der Waals surface area (Å²) in [6.45, 7) is 2.29. The minimum absolute atomic E-state index is 0.0982. The van der Waals surface area contributed by atoms with Gasteiger partial charge in [0, 0.05) is 7.05 Å². The molecule has 2 N–H and O–H groups in total. The van der Waals surface area contributed by atoms with E-state index in [0.29, 0.717) is 16.9 Å². The second-order valence-electron chi connectivity index (χ2n) is 2.88. The average Bonchev–Trinajstić information content (AvgIpc) is 2.64. The Labute approximate surface area is 101 Å². The zero-order valence-electron chi connectivity index (χ0n) is 9.23. The lowest BCUT2D eigenvalue weighted by Crippen LogP contribution is -2.04. The molecule has 0 amide bonds. The molecule has 2 heterocycles. The standard InChI is InChI=1S/C7H10N8OS/c1-3-16-5-9-4(8)10-6(11-5)17-7-12-13-14-15(7)2/h3H2,1-2H3,(H2,8,9,10,11). The van der Waals surface area contributed by atoms with Gasteiger partial charge in [-0.3, -0.25) is 0 Å². The Balaban J connectivity index is 2.23. The van der Waals surface area contributed by atoms with Crippen LogP contribution in [0.2, 0.25) is 0 Å². The molecule has 0 radical (unpaired) electrons. The lowest BCUT2D eigenvalue weighted by atomic mass is 10.8. The first-order valence-electron chi connectivity index (χ1n) is 4.73. The van der Waals surface area contributed by atoms with Crippen molar-refractivity contribution in [3.63, 3.8) is 0 Å². The minimum atomic E-state index is 0.0982. The molecule has 0 spiro atoms. The molecule has 17 heavy (non-hydrogen) atoms. The largest absolute Gasteiger partial charge is 0.464 e. The molecule has 0 fully saturated rings. The summed E-state index contributed by atoms with van der Waals surface area (Å²) in [6, 6.07) is 0.192. The maximum atomic E-state index is 5.54. The van der Waals surface area contributed by atoms with Gasteiger partial charge in [-0.1, -0.05) is 0 Å². The first-order chi connectivity index (χ1) is 8.19. The molecule has 0 unspecified atom stereocenters. The van der Waals surface area contributed by atoms with E-state index >= 15 is 0 Å². The fourth-order valence-corrected chi connectivity index (χ4v) is 1.65. The Morgan fingerprint density at radius 2 is 2.18 bits per heavy atom. The molecule has 0 bridgehead atoms. The number of rotatable bonds is 4. The Bertz CT molecular complexity index is 514. The Morgan fingerprint density at radius 3 is 2.82 bits per heavy atom. The highest BCUT2D eigenvalue weighted by Crippen LogP contribution is 2.22. The van der Waals surface area contributed by atoms with Crippen LogP contribution in [0.5, 0.6) is 6.01 Å². The molecule has 2 rings (SSSR count). The van der Waals surface area contributed by atoms with Crippen LogP contribution >= 0.6 is 11.8 Å². The highest BCUT2D eigenvalue weighted by Gasteiger charge is 2.10. The lowest BCUT2D eigenvalue weighted by molar-refractivity contribution is 0.308. The molecule has 0 aliphatic carbocycles. The van der Waals surface area contributed by atoms with E-state index in [0.717, 1.165) is 0 Å². The normalized spacial score (nSPS) is 10.5. The average molecular weight is 254 g/mol. The van der Waals surface area contributed by atoms with E-state index in [1.807, 2.05) is 6.92 Å². The van der Waals surface area contributed by atoms with Crippen LogP contribution in [0.1, 0.15) is 6.92 Å². The number of tetrazole rings is 1. The second kappa shape index (κ2) is 4.91. The zero-order chi connectivity index (χ0) is 12.3. The van der Waals surface area contributed by atoms with E-state index in [9.17, 15) is 0 Å². The summed E-state index contributed by atoms with van der Waals surface area (Å²) >= 11 is 1.18. The number of ether oxygens (including phenoxy) is 1. The lowest BCUT2D eigenvalue weighted by Gasteiger charge is -2.03. The maximum absolute atomic E-state index is 5.54. The van der Waals surface area contributed by atoms with Gasteiger partial charge in [-0.05, 0) is 29.1 Å². The molecule has 10 heteroatoms. The molecule has 2 aromatic rings. The SMILES string of the molecule is CCOc1nc(N)nc(Sc2nnnn2C)n1. The van der Waals surface area contributed by atoms with Crippen LogP contribution in [0.15, 0.2) is 10.3 Å². The molecular formula is C7H10N8OS. The van der Waals surface area contributed by atoms with Crippen LogP contribution in [0.25, 0.3) is 0 Å². The van der Waals surface area contributed by atoms with Crippen molar-refractivity contribution in [2.24, 2.45) is 7.05 Å². The van der Waals surface area contributed by atoms with Crippen molar-refractivity contribution in [3.05, 3.63) is 0 Å². The van der Waals surface area contributed by atoms with Crippen molar-refractivity contribution in [2.45, 2.75) is 17.2 Å². The first kappa shape index (κ1) is 11.5. The minimum Gasteiger partial charge on any atom is -0.464 e. The highest BCUT2D eigenvalue weighted by molar-refractivity contribution is 7.99. The Kier molecular flexibility index (Phi) is 3.32. The third-order valence-electron chi connectivity index (χ3n) is 1.65. The third kappa shape index (κ3) is 2.78. The van der Waals surface area contributed by atoms with Crippen LogP contribution in [0.3, 0.4) is 0 Å². The number of aromatic nitrogens is 7. The van der Waals surface area contributed by atoms with E-state index < -0.39 is 0 Å². The van der Waals surface area contributed by atoms with Crippen LogP contribution < -0.4 is 10.5 Å². The van der Waals surface area contributed by atoms with Crippen LogP contribution in [-0.4, -0.2) is 41.8 Å². The van der Waals surface area contributed by atoms with Crippen molar-refractivity contribution < 1.29 is 4.74 Å². The molecule has 2 aromatic heterocycles. The monoisotopic (exact) mass is 254 g/mol. The Morgan fingerprint density at radius 1 is 1.35 bits per heavy atom. The van der Waals surface area contributed by atoms with Crippen LogP contribution in [0, 0.1) is 0 Å². The Hall–Kier alpha value is -1.97. The summed E-state index contributed by atoms with van der Waals surface area (Å²) in [6.07, 6.45) is 0. The van der Waals surface area contributed by atoms with Gasteiger partial charge >= 0.3 is 6.01 Å².